The number of fused-ring (bicyclic) bond motifs is 1. The van der Waals surface area contributed by atoms with Gasteiger partial charge in [-0.3, -0.25) is 20.1 Å². The fraction of sp³-hybridized carbons (Fsp3) is 0.182. The third-order valence-corrected chi connectivity index (χ3v) is 7.31. The Kier molecular flexibility index (Phi) is 5.47. The number of aromatic amines is 2. The summed E-state index contributed by atoms with van der Waals surface area (Å²) in [7, 11) is 0. The molecule has 1 aliphatic rings. The molecule has 0 aromatic carbocycles. The SMILES string of the molecule is O=C(Nc1nc(CO)cs1)c1ccc(-c2cc(=NC3CC3)n3nc/c(=C\c4[nH]c(=O)[nH]c4O)c3n2)s1. The molecular formula is C22H18N8O4S2. The van der Waals surface area contributed by atoms with Gasteiger partial charge in [0.25, 0.3) is 5.91 Å². The summed E-state index contributed by atoms with van der Waals surface area (Å²) in [5, 5.41) is 29.0. The first-order valence-electron chi connectivity index (χ1n) is 10.9. The highest BCUT2D eigenvalue weighted by Gasteiger charge is 2.21. The van der Waals surface area contributed by atoms with Crippen molar-refractivity contribution in [3.05, 3.63) is 67.2 Å². The number of amides is 1. The number of aromatic hydroxyl groups is 1. The maximum Gasteiger partial charge on any atom is 0.326 e. The zero-order valence-corrected chi connectivity index (χ0v) is 20.1. The number of H-pyrrole nitrogens is 2. The number of anilines is 1. The molecule has 6 rings (SSSR count). The smallest absolute Gasteiger partial charge is 0.326 e. The summed E-state index contributed by atoms with van der Waals surface area (Å²) in [6, 6.07) is 5.60. The molecule has 12 nitrogen and oxygen atoms in total. The molecule has 0 spiro atoms. The van der Waals surface area contributed by atoms with Gasteiger partial charge in [0.05, 0.1) is 40.0 Å². The number of carbonyl (C=O) groups excluding carboxylic acids is 1. The van der Waals surface area contributed by atoms with Crippen molar-refractivity contribution in [2.75, 3.05) is 5.32 Å². The summed E-state index contributed by atoms with van der Waals surface area (Å²) in [6.07, 6.45) is 5.19. The van der Waals surface area contributed by atoms with E-state index in [0.717, 1.165) is 17.7 Å². The predicted molar refractivity (Wildman–Crippen MR) is 133 cm³/mol. The number of carbonyl (C=O) groups is 1. The van der Waals surface area contributed by atoms with E-state index < -0.39 is 5.69 Å². The van der Waals surface area contributed by atoms with Gasteiger partial charge in [0, 0.05) is 16.7 Å². The van der Waals surface area contributed by atoms with Crippen LogP contribution in [0.4, 0.5) is 5.13 Å². The molecule has 1 amide bonds. The molecular weight excluding hydrogens is 504 g/mol. The number of nitrogens with one attached hydrogen (secondary N) is 3. The van der Waals surface area contributed by atoms with Crippen LogP contribution in [-0.4, -0.2) is 51.7 Å². The molecule has 0 saturated heterocycles. The monoisotopic (exact) mass is 522 g/mol. The van der Waals surface area contributed by atoms with Crippen LogP contribution >= 0.6 is 22.7 Å². The van der Waals surface area contributed by atoms with Crippen molar-refractivity contribution in [3.63, 3.8) is 0 Å². The number of rotatable bonds is 6. The molecule has 0 atom stereocenters. The Labute approximate surface area is 209 Å². The zero-order chi connectivity index (χ0) is 24.8. The van der Waals surface area contributed by atoms with Crippen LogP contribution in [0.15, 0.2) is 39.6 Å². The van der Waals surface area contributed by atoms with E-state index in [-0.39, 0.29) is 30.1 Å². The summed E-state index contributed by atoms with van der Waals surface area (Å²) in [5.41, 5.74) is 1.92. The van der Waals surface area contributed by atoms with Gasteiger partial charge in [0.15, 0.2) is 16.3 Å². The van der Waals surface area contributed by atoms with E-state index in [9.17, 15) is 14.7 Å². The summed E-state index contributed by atoms with van der Waals surface area (Å²) >= 11 is 2.52. The van der Waals surface area contributed by atoms with Gasteiger partial charge in [-0.15, -0.1) is 22.7 Å². The number of thiophene rings is 1. The number of hydrogen-bond donors (Lipinski definition) is 5. The number of aliphatic hydroxyl groups is 1. The summed E-state index contributed by atoms with van der Waals surface area (Å²) in [4.78, 5) is 44.0. The fourth-order valence-electron chi connectivity index (χ4n) is 3.52. The van der Waals surface area contributed by atoms with Gasteiger partial charge < -0.3 is 15.2 Å². The van der Waals surface area contributed by atoms with Crippen LogP contribution in [0.2, 0.25) is 0 Å². The molecule has 1 aliphatic carbocycles. The molecule has 5 aromatic heterocycles. The molecule has 5 heterocycles. The first-order chi connectivity index (χ1) is 17.5. The Hall–Kier alpha value is -4.14. The molecule has 0 unspecified atom stereocenters. The van der Waals surface area contributed by atoms with E-state index in [0.29, 0.717) is 37.8 Å². The topological polar surface area (TPSA) is 174 Å². The molecule has 1 fully saturated rings. The Morgan fingerprint density at radius 3 is 2.89 bits per heavy atom. The van der Waals surface area contributed by atoms with E-state index >= 15 is 0 Å². The van der Waals surface area contributed by atoms with Crippen molar-refractivity contribution in [2.45, 2.75) is 25.5 Å². The van der Waals surface area contributed by atoms with Crippen molar-refractivity contribution >= 4 is 45.4 Å². The van der Waals surface area contributed by atoms with Crippen molar-refractivity contribution in [1.29, 1.82) is 0 Å². The van der Waals surface area contributed by atoms with Gasteiger partial charge in [0.1, 0.15) is 5.69 Å². The van der Waals surface area contributed by atoms with Gasteiger partial charge >= 0.3 is 5.69 Å². The largest absolute Gasteiger partial charge is 0.493 e. The Morgan fingerprint density at radius 2 is 2.17 bits per heavy atom. The minimum Gasteiger partial charge on any atom is -0.493 e. The van der Waals surface area contributed by atoms with Crippen molar-refractivity contribution in [2.24, 2.45) is 4.99 Å². The van der Waals surface area contributed by atoms with Crippen molar-refractivity contribution < 1.29 is 15.0 Å². The maximum absolute atomic E-state index is 12.7. The second-order valence-electron chi connectivity index (χ2n) is 8.10. The minimum atomic E-state index is -0.525. The average molecular weight is 523 g/mol. The van der Waals surface area contributed by atoms with E-state index in [1.54, 1.807) is 28.2 Å². The average Bonchev–Trinajstić information content (AvgIpc) is 3.24. The second kappa shape index (κ2) is 8.82. The van der Waals surface area contributed by atoms with Gasteiger partial charge in [-0.05, 0) is 31.1 Å². The normalized spacial score (nSPS) is 14.7. The van der Waals surface area contributed by atoms with Crippen LogP contribution in [0.5, 0.6) is 5.88 Å². The van der Waals surface area contributed by atoms with Crippen molar-refractivity contribution in [3.8, 4) is 16.5 Å². The van der Waals surface area contributed by atoms with Gasteiger partial charge in [-0.2, -0.15) is 9.61 Å². The summed E-state index contributed by atoms with van der Waals surface area (Å²) in [6.45, 7) is -0.189. The lowest BCUT2D eigenvalue weighted by Crippen LogP contribution is -2.19. The van der Waals surface area contributed by atoms with Crippen molar-refractivity contribution in [1.82, 2.24) is 29.5 Å². The zero-order valence-electron chi connectivity index (χ0n) is 18.4. The lowest BCUT2D eigenvalue weighted by atomic mass is 10.3. The van der Waals surface area contributed by atoms with E-state index in [1.165, 1.54) is 22.7 Å². The molecule has 182 valence electrons. The number of aliphatic hydroxyl groups excluding tert-OH is 1. The number of aromatic nitrogens is 6. The van der Waals surface area contributed by atoms with Crippen LogP contribution in [0, 0.1) is 0 Å². The number of thiazole rings is 1. The fourth-order valence-corrected chi connectivity index (χ4v) is 5.07. The van der Waals surface area contributed by atoms with Crippen LogP contribution in [0.1, 0.15) is 33.9 Å². The van der Waals surface area contributed by atoms with Crippen LogP contribution in [0.3, 0.4) is 0 Å². The van der Waals surface area contributed by atoms with Crippen LogP contribution in [-0.2, 0) is 6.61 Å². The van der Waals surface area contributed by atoms with Crippen LogP contribution < -0.4 is 21.7 Å². The number of hydrogen-bond acceptors (Lipinski definition) is 10. The Morgan fingerprint density at radius 1 is 1.31 bits per heavy atom. The highest BCUT2D eigenvalue weighted by atomic mass is 32.1. The quantitative estimate of drug-likeness (QED) is 0.221. The molecule has 14 heteroatoms. The third kappa shape index (κ3) is 4.32. The molecule has 1 saturated carbocycles. The van der Waals surface area contributed by atoms with Crippen LogP contribution in [0.25, 0.3) is 22.3 Å². The summed E-state index contributed by atoms with van der Waals surface area (Å²) < 4.78 is 1.62. The summed E-state index contributed by atoms with van der Waals surface area (Å²) in [5.74, 6) is -0.585. The first kappa shape index (κ1) is 22.3. The first-order valence-corrected chi connectivity index (χ1v) is 12.6. The van der Waals surface area contributed by atoms with Gasteiger partial charge in [0.2, 0.25) is 5.88 Å². The molecule has 0 radical (unpaired) electrons. The predicted octanol–water partition coefficient (Wildman–Crippen LogP) is 0.992. The molecule has 5 N–H and O–H groups in total. The van der Waals surface area contributed by atoms with E-state index in [2.05, 4.69) is 25.4 Å². The third-order valence-electron chi connectivity index (χ3n) is 5.39. The molecule has 0 aliphatic heterocycles. The maximum atomic E-state index is 12.7. The van der Waals surface area contributed by atoms with Gasteiger partial charge in [-0.1, -0.05) is 0 Å². The Bertz CT molecular complexity index is 1790. The molecule has 36 heavy (non-hydrogen) atoms. The Balaban J connectivity index is 1.41. The van der Waals surface area contributed by atoms with E-state index in [4.69, 9.17) is 15.1 Å². The highest BCUT2D eigenvalue weighted by molar-refractivity contribution is 7.17. The van der Waals surface area contributed by atoms with E-state index in [1.807, 2.05) is 12.1 Å². The standard InChI is InChI=1S/C22H18N8O4S2/c31-8-12-9-35-22(25-12)29-20(33)16-4-3-15(36-16)13-6-17(24-11-1-2-11)30-18(26-13)10(7-23-30)5-14-19(32)28-21(34)27-14/h3-7,9,11,31-32H,1-2,8H2,(H,25,29,33)(H2,27,28,34)/b10-5+,24-17?. The lowest BCUT2D eigenvalue weighted by molar-refractivity contribution is 0.103. The molecule has 5 aromatic rings. The van der Waals surface area contributed by atoms with Gasteiger partial charge in [-0.25, -0.2) is 14.8 Å². The minimum absolute atomic E-state index is 0.189. The lowest BCUT2D eigenvalue weighted by Gasteiger charge is -2.01. The molecule has 0 bridgehead atoms. The second-order valence-corrected chi connectivity index (χ2v) is 10.0. The highest BCUT2D eigenvalue weighted by Crippen LogP contribution is 2.28. The number of imidazole rings is 1. The number of nitrogens with zero attached hydrogens (tertiary/aromatic N) is 5.